The summed E-state index contributed by atoms with van der Waals surface area (Å²) >= 11 is 1.49. The van der Waals surface area contributed by atoms with Crippen LogP contribution in [0, 0.1) is 6.92 Å². The van der Waals surface area contributed by atoms with Gasteiger partial charge in [-0.2, -0.15) is 0 Å². The molecule has 128 valence electrons. The summed E-state index contributed by atoms with van der Waals surface area (Å²) in [6, 6.07) is 8.24. The van der Waals surface area contributed by atoms with Gasteiger partial charge in [-0.05, 0) is 19.1 Å². The molecule has 0 spiro atoms. The lowest BCUT2D eigenvalue weighted by Crippen LogP contribution is -2.37. The standard InChI is InChI=1S/C16H21N5O2S/c1-12-2-4-13(5-3-12)21-15(20-7-9-23-10-8-20)18-19-16(21)24-11-6-14(17)22/h2-5H,6-11H2,1H3,(H2,17,22). The van der Waals surface area contributed by atoms with Crippen molar-refractivity contribution in [3.63, 3.8) is 0 Å². The summed E-state index contributed by atoms with van der Waals surface area (Å²) in [7, 11) is 0. The third-order valence-corrected chi connectivity index (χ3v) is 4.71. The zero-order valence-corrected chi connectivity index (χ0v) is 14.5. The number of primary amides is 1. The molecular weight excluding hydrogens is 326 g/mol. The van der Waals surface area contributed by atoms with Crippen molar-refractivity contribution in [2.45, 2.75) is 18.5 Å². The second-order valence-electron chi connectivity index (χ2n) is 5.62. The highest BCUT2D eigenvalue weighted by Crippen LogP contribution is 2.27. The predicted octanol–water partition coefficient (Wildman–Crippen LogP) is 1.38. The van der Waals surface area contributed by atoms with Gasteiger partial charge in [0.05, 0.1) is 18.9 Å². The fraction of sp³-hybridized carbons (Fsp3) is 0.438. The van der Waals surface area contributed by atoms with Crippen LogP contribution in [0.3, 0.4) is 0 Å². The molecular formula is C16H21N5O2S. The van der Waals surface area contributed by atoms with E-state index in [0.29, 0.717) is 25.4 Å². The second-order valence-corrected chi connectivity index (χ2v) is 6.68. The van der Waals surface area contributed by atoms with Crippen molar-refractivity contribution >= 4 is 23.6 Å². The molecule has 0 aliphatic carbocycles. The van der Waals surface area contributed by atoms with Gasteiger partial charge < -0.3 is 15.4 Å². The van der Waals surface area contributed by atoms with Gasteiger partial charge in [-0.15, -0.1) is 10.2 Å². The average molecular weight is 347 g/mol. The Kier molecular flexibility index (Phi) is 5.37. The number of morpholine rings is 1. The first-order chi connectivity index (χ1) is 11.6. The minimum absolute atomic E-state index is 0.308. The number of aromatic nitrogens is 3. The number of benzene rings is 1. The molecule has 7 nitrogen and oxygen atoms in total. The number of nitrogens with two attached hydrogens (primary N) is 1. The van der Waals surface area contributed by atoms with E-state index in [-0.39, 0.29) is 5.91 Å². The normalized spacial score (nSPS) is 14.8. The maximum atomic E-state index is 11.0. The highest BCUT2D eigenvalue weighted by atomic mass is 32.2. The van der Waals surface area contributed by atoms with Crippen molar-refractivity contribution in [1.82, 2.24) is 14.8 Å². The van der Waals surface area contributed by atoms with Crippen LogP contribution in [-0.4, -0.2) is 52.7 Å². The Balaban J connectivity index is 1.91. The number of amides is 1. The molecule has 1 saturated heterocycles. The number of anilines is 1. The summed E-state index contributed by atoms with van der Waals surface area (Å²) in [6.07, 6.45) is 0.318. The minimum atomic E-state index is -0.308. The number of thioether (sulfide) groups is 1. The van der Waals surface area contributed by atoms with Crippen LogP contribution in [0.15, 0.2) is 29.4 Å². The molecule has 24 heavy (non-hydrogen) atoms. The van der Waals surface area contributed by atoms with Gasteiger partial charge in [-0.25, -0.2) is 0 Å². The number of nitrogens with zero attached hydrogens (tertiary/aromatic N) is 4. The summed E-state index contributed by atoms with van der Waals surface area (Å²) < 4.78 is 7.46. The zero-order valence-electron chi connectivity index (χ0n) is 13.6. The van der Waals surface area contributed by atoms with Crippen LogP contribution in [-0.2, 0) is 9.53 Å². The Bertz CT molecular complexity index is 695. The van der Waals surface area contributed by atoms with Gasteiger partial charge in [0.15, 0.2) is 5.16 Å². The van der Waals surface area contributed by atoms with Crippen molar-refractivity contribution in [2.75, 3.05) is 37.0 Å². The molecule has 1 aromatic carbocycles. The average Bonchev–Trinajstić information content (AvgIpc) is 3.00. The number of hydrogen-bond acceptors (Lipinski definition) is 6. The number of rotatable bonds is 6. The van der Waals surface area contributed by atoms with Crippen LogP contribution >= 0.6 is 11.8 Å². The SMILES string of the molecule is Cc1ccc(-n2c(SCCC(N)=O)nnc2N2CCOCC2)cc1. The van der Waals surface area contributed by atoms with E-state index < -0.39 is 0 Å². The van der Waals surface area contributed by atoms with Crippen molar-refractivity contribution in [2.24, 2.45) is 5.73 Å². The Morgan fingerprint density at radius 3 is 2.62 bits per heavy atom. The number of aryl methyl sites for hydroxylation is 1. The topological polar surface area (TPSA) is 86.3 Å². The maximum Gasteiger partial charge on any atom is 0.232 e. The van der Waals surface area contributed by atoms with E-state index in [1.54, 1.807) is 0 Å². The molecule has 1 aliphatic rings. The Hall–Kier alpha value is -2.06. The van der Waals surface area contributed by atoms with E-state index in [1.807, 2.05) is 4.57 Å². The van der Waals surface area contributed by atoms with Crippen molar-refractivity contribution < 1.29 is 9.53 Å². The van der Waals surface area contributed by atoms with Crippen LogP contribution in [0.1, 0.15) is 12.0 Å². The number of carbonyl (C=O) groups excluding carboxylic acids is 1. The second kappa shape index (κ2) is 7.67. The maximum absolute atomic E-state index is 11.0. The van der Waals surface area contributed by atoms with Gasteiger partial charge in [-0.1, -0.05) is 29.5 Å². The quantitative estimate of drug-likeness (QED) is 0.795. The third kappa shape index (κ3) is 3.88. The molecule has 0 radical (unpaired) electrons. The first kappa shape index (κ1) is 16.8. The first-order valence-electron chi connectivity index (χ1n) is 7.91. The van der Waals surface area contributed by atoms with Crippen molar-refractivity contribution in [3.8, 4) is 5.69 Å². The van der Waals surface area contributed by atoms with Crippen molar-refractivity contribution in [1.29, 1.82) is 0 Å². The van der Waals surface area contributed by atoms with E-state index in [0.717, 1.165) is 29.9 Å². The third-order valence-electron chi connectivity index (χ3n) is 3.78. The summed E-state index contributed by atoms with van der Waals surface area (Å²) in [5, 5.41) is 9.48. The molecule has 0 unspecified atom stereocenters. The zero-order chi connectivity index (χ0) is 16.9. The Labute approximate surface area is 145 Å². The summed E-state index contributed by atoms with van der Waals surface area (Å²) in [4.78, 5) is 13.2. The lowest BCUT2D eigenvalue weighted by Gasteiger charge is -2.28. The van der Waals surface area contributed by atoms with Gasteiger partial charge in [0.2, 0.25) is 11.9 Å². The molecule has 0 atom stereocenters. The van der Waals surface area contributed by atoms with Gasteiger partial charge >= 0.3 is 0 Å². The van der Waals surface area contributed by atoms with Crippen LogP contribution < -0.4 is 10.6 Å². The fourth-order valence-corrected chi connectivity index (χ4v) is 3.39. The Morgan fingerprint density at radius 2 is 1.96 bits per heavy atom. The van der Waals surface area contributed by atoms with Crippen LogP contribution in [0.4, 0.5) is 5.95 Å². The molecule has 2 heterocycles. The number of carbonyl (C=O) groups is 1. The number of ether oxygens (including phenoxy) is 1. The van der Waals surface area contributed by atoms with E-state index in [2.05, 4.69) is 46.3 Å². The molecule has 2 N–H and O–H groups in total. The van der Waals surface area contributed by atoms with Crippen LogP contribution in [0.5, 0.6) is 0 Å². The minimum Gasteiger partial charge on any atom is -0.378 e. The summed E-state index contributed by atoms with van der Waals surface area (Å²) in [5.74, 6) is 1.09. The fourth-order valence-electron chi connectivity index (χ4n) is 2.49. The lowest BCUT2D eigenvalue weighted by atomic mass is 10.2. The Morgan fingerprint density at radius 1 is 1.25 bits per heavy atom. The molecule has 1 aliphatic heterocycles. The highest BCUT2D eigenvalue weighted by molar-refractivity contribution is 7.99. The molecule has 2 aromatic rings. The van der Waals surface area contributed by atoms with E-state index >= 15 is 0 Å². The molecule has 0 bridgehead atoms. The first-order valence-corrected chi connectivity index (χ1v) is 8.90. The molecule has 1 aromatic heterocycles. The van der Waals surface area contributed by atoms with Gasteiger partial charge in [0, 0.05) is 25.3 Å². The molecule has 1 amide bonds. The predicted molar refractivity (Wildman–Crippen MR) is 93.7 cm³/mol. The lowest BCUT2D eigenvalue weighted by molar-refractivity contribution is -0.117. The summed E-state index contributed by atoms with van der Waals surface area (Å²) in [5.41, 5.74) is 7.43. The van der Waals surface area contributed by atoms with Crippen molar-refractivity contribution in [3.05, 3.63) is 29.8 Å². The summed E-state index contributed by atoms with van der Waals surface area (Å²) in [6.45, 7) is 5.00. The van der Waals surface area contributed by atoms with Crippen LogP contribution in [0.2, 0.25) is 0 Å². The van der Waals surface area contributed by atoms with E-state index in [9.17, 15) is 4.79 Å². The van der Waals surface area contributed by atoms with Gasteiger partial charge in [0.1, 0.15) is 0 Å². The molecule has 0 saturated carbocycles. The molecule has 8 heteroatoms. The highest BCUT2D eigenvalue weighted by Gasteiger charge is 2.21. The number of hydrogen-bond donors (Lipinski definition) is 1. The van der Waals surface area contributed by atoms with Gasteiger partial charge in [0.25, 0.3) is 0 Å². The molecule has 1 fully saturated rings. The van der Waals surface area contributed by atoms with E-state index in [4.69, 9.17) is 10.5 Å². The largest absolute Gasteiger partial charge is 0.378 e. The van der Waals surface area contributed by atoms with Gasteiger partial charge in [-0.3, -0.25) is 9.36 Å². The monoisotopic (exact) mass is 347 g/mol. The smallest absolute Gasteiger partial charge is 0.232 e. The van der Waals surface area contributed by atoms with Crippen LogP contribution in [0.25, 0.3) is 5.69 Å². The van der Waals surface area contributed by atoms with E-state index in [1.165, 1.54) is 17.3 Å². The molecule has 3 rings (SSSR count).